The van der Waals surface area contributed by atoms with Crippen LogP contribution in [0, 0.1) is 0 Å². The summed E-state index contributed by atoms with van der Waals surface area (Å²) in [5, 5.41) is 37.9. The van der Waals surface area contributed by atoms with Crippen LogP contribution in [0.4, 0.5) is 0 Å². The third kappa shape index (κ3) is 9.74. The zero-order valence-corrected chi connectivity index (χ0v) is 14.6. The van der Waals surface area contributed by atoms with Crippen LogP contribution in [-0.4, -0.2) is 38.6 Å². The Kier molecular flexibility index (Phi) is 10.6. The SMILES string of the molecule is O=C(O)CCC[C@H](O)[C@H](O)C=CC=CC=CC=C[C@H](O)c1ccccc1. The van der Waals surface area contributed by atoms with Gasteiger partial charge in [-0.2, -0.15) is 0 Å². The average molecular weight is 358 g/mol. The first-order valence-electron chi connectivity index (χ1n) is 8.50. The van der Waals surface area contributed by atoms with E-state index in [2.05, 4.69) is 0 Å². The van der Waals surface area contributed by atoms with Crippen molar-refractivity contribution in [3.05, 3.63) is 84.5 Å². The first-order valence-corrected chi connectivity index (χ1v) is 8.50. The molecule has 0 radical (unpaired) electrons. The number of allylic oxidation sites excluding steroid dienone is 6. The van der Waals surface area contributed by atoms with E-state index in [-0.39, 0.29) is 12.8 Å². The summed E-state index contributed by atoms with van der Waals surface area (Å²) < 4.78 is 0. The first-order chi connectivity index (χ1) is 12.5. The maximum absolute atomic E-state index is 10.4. The van der Waals surface area contributed by atoms with Crippen molar-refractivity contribution in [3.8, 4) is 0 Å². The molecule has 0 aliphatic rings. The molecule has 0 saturated heterocycles. The van der Waals surface area contributed by atoms with Crippen LogP contribution in [0.25, 0.3) is 0 Å². The number of carboxylic acids is 1. The summed E-state index contributed by atoms with van der Waals surface area (Å²) in [4.78, 5) is 10.4. The van der Waals surface area contributed by atoms with Gasteiger partial charge >= 0.3 is 5.97 Å². The normalized spacial score (nSPS) is 16.0. The summed E-state index contributed by atoms with van der Waals surface area (Å²) in [5.74, 6) is -0.915. The third-order valence-corrected chi connectivity index (χ3v) is 3.58. The lowest BCUT2D eigenvalue weighted by molar-refractivity contribution is -0.137. The lowest BCUT2D eigenvalue weighted by Gasteiger charge is -2.13. The number of rotatable bonds is 11. The van der Waals surface area contributed by atoms with E-state index in [4.69, 9.17) is 5.11 Å². The van der Waals surface area contributed by atoms with E-state index >= 15 is 0 Å². The number of carboxylic acid groups (broad SMARTS) is 1. The molecule has 0 saturated carbocycles. The fraction of sp³-hybridized carbons (Fsp3) is 0.286. The highest BCUT2D eigenvalue weighted by atomic mass is 16.4. The van der Waals surface area contributed by atoms with E-state index in [0.29, 0.717) is 6.42 Å². The summed E-state index contributed by atoms with van der Waals surface area (Å²) in [6, 6.07) is 9.34. The van der Waals surface area contributed by atoms with Gasteiger partial charge in [0.25, 0.3) is 0 Å². The van der Waals surface area contributed by atoms with E-state index in [9.17, 15) is 20.1 Å². The predicted molar refractivity (Wildman–Crippen MR) is 101 cm³/mol. The van der Waals surface area contributed by atoms with Crippen molar-refractivity contribution in [2.75, 3.05) is 0 Å². The molecular weight excluding hydrogens is 332 g/mol. The van der Waals surface area contributed by atoms with Crippen LogP contribution in [0.15, 0.2) is 78.9 Å². The summed E-state index contributed by atoms with van der Waals surface area (Å²) >= 11 is 0. The molecule has 0 fully saturated rings. The quantitative estimate of drug-likeness (QED) is 0.456. The Morgan fingerprint density at radius 1 is 0.885 bits per heavy atom. The van der Waals surface area contributed by atoms with E-state index < -0.39 is 24.3 Å². The molecule has 140 valence electrons. The van der Waals surface area contributed by atoms with Crippen LogP contribution in [-0.2, 0) is 4.79 Å². The minimum absolute atomic E-state index is 0.0231. The summed E-state index contributed by atoms with van der Waals surface area (Å²) in [7, 11) is 0. The number of hydrogen-bond donors (Lipinski definition) is 4. The van der Waals surface area contributed by atoms with Gasteiger partial charge in [-0.3, -0.25) is 4.79 Å². The third-order valence-electron chi connectivity index (χ3n) is 3.58. The maximum atomic E-state index is 10.4. The summed E-state index contributed by atoms with van der Waals surface area (Å²) in [5.41, 5.74) is 0.825. The monoisotopic (exact) mass is 358 g/mol. The predicted octanol–water partition coefficient (Wildman–Crippen LogP) is 2.92. The highest BCUT2D eigenvalue weighted by Gasteiger charge is 2.12. The van der Waals surface area contributed by atoms with Crippen LogP contribution in [0.3, 0.4) is 0 Å². The van der Waals surface area contributed by atoms with Crippen LogP contribution in [0.1, 0.15) is 30.9 Å². The van der Waals surface area contributed by atoms with E-state index in [1.54, 1.807) is 42.5 Å². The molecule has 0 aliphatic carbocycles. The van der Waals surface area contributed by atoms with Gasteiger partial charge in [-0.25, -0.2) is 0 Å². The van der Waals surface area contributed by atoms with E-state index in [0.717, 1.165) is 5.56 Å². The van der Waals surface area contributed by atoms with Gasteiger partial charge in [-0.1, -0.05) is 78.9 Å². The van der Waals surface area contributed by atoms with Gasteiger partial charge in [0.1, 0.15) is 0 Å². The Labute approximate surface area is 153 Å². The second-order valence-electron chi connectivity index (χ2n) is 5.74. The minimum Gasteiger partial charge on any atom is -0.481 e. The molecule has 5 nitrogen and oxygen atoms in total. The fourth-order valence-corrected chi connectivity index (χ4v) is 2.13. The lowest BCUT2D eigenvalue weighted by atomic mass is 10.1. The topological polar surface area (TPSA) is 98.0 Å². The molecule has 1 rings (SSSR count). The number of aliphatic hydroxyl groups is 3. The summed E-state index contributed by atoms with van der Waals surface area (Å²) in [6.07, 6.45) is 11.3. The molecule has 1 aromatic carbocycles. The second-order valence-corrected chi connectivity index (χ2v) is 5.74. The minimum atomic E-state index is -1.03. The number of benzene rings is 1. The van der Waals surface area contributed by atoms with Crippen molar-refractivity contribution in [2.45, 2.75) is 37.6 Å². The first kappa shape index (κ1) is 21.6. The Morgan fingerprint density at radius 2 is 1.46 bits per heavy atom. The van der Waals surface area contributed by atoms with E-state index in [1.165, 1.54) is 6.08 Å². The molecule has 0 amide bonds. The second kappa shape index (κ2) is 12.8. The van der Waals surface area contributed by atoms with Crippen LogP contribution in [0.5, 0.6) is 0 Å². The average Bonchev–Trinajstić information content (AvgIpc) is 2.63. The van der Waals surface area contributed by atoms with Crippen LogP contribution in [0.2, 0.25) is 0 Å². The number of carbonyl (C=O) groups is 1. The highest BCUT2D eigenvalue weighted by molar-refractivity contribution is 5.66. The van der Waals surface area contributed by atoms with Gasteiger partial charge in [0, 0.05) is 6.42 Å². The van der Waals surface area contributed by atoms with Gasteiger partial charge in [-0.05, 0) is 18.4 Å². The van der Waals surface area contributed by atoms with Gasteiger partial charge in [0.2, 0.25) is 0 Å². The van der Waals surface area contributed by atoms with Crippen LogP contribution >= 0.6 is 0 Å². The molecule has 0 heterocycles. The van der Waals surface area contributed by atoms with Crippen molar-refractivity contribution in [1.82, 2.24) is 0 Å². The number of hydrogen-bond acceptors (Lipinski definition) is 4. The Bertz CT molecular complexity index is 631. The largest absolute Gasteiger partial charge is 0.481 e. The Morgan fingerprint density at radius 3 is 2.08 bits per heavy atom. The fourth-order valence-electron chi connectivity index (χ4n) is 2.13. The molecule has 5 heteroatoms. The molecule has 0 aliphatic heterocycles. The maximum Gasteiger partial charge on any atom is 0.303 e. The zero-order valence-electron chi connectivity index (χ0n) is 14.6. The molecule has 0 spiro atoms. The van der Waals surface area contributed by atoms with Crippen molar-refractivity contribution < 1.29 is 25.2 Å². The smallest absolute Gasteiger partial charge is 0.303 e. The van der Waals surface area contributed by atoms with Gasteiger partial charge in [-0.15, -0.1) is 0 Å². The van der Waals surface area contributed by atoms with Crippen LogP contribution < -0.4 is 0 Å². The highest BCUT2D eigenvalue weighted by Crippen LogP contribution is 2.12. The van der Waals surface area contributed by atoms with Gasteiger partial charge < -0.3 is 20.4 Å². The Balaban J connectivity index is 2.30. The van der Waals surface area contributed by atoms with Crippen molar-refractivity contribution in [1.29, 1.82) is 0 Å². The molecule has 4 N–H and O–H groups in total. The standard InChI is InChI=1S/C21H26O5/c22-18(17-11-6-5-7-12-17)13-8-3-1-2-4-9-14-19(23)20(24)15-10-16-21(25)26/h1-9,11-14,18-20,22-24H,10,15-16H2,(H,25,26)/t18-,19+,20-/m0/s1. The van der Waals surface area contributed by atoms with Crippen molar-refractivity contribution in [2.24, 2.45) is 0 Å². The van der Waals surface area contributed by atoms with Crippen molar-refractivity contribution >= 4 is 5.97 Å². The zero-order chi connectivity index (χ0) is 19.2. The summed E-state index contributed by atoms with van der Waals surface area (Å²) in [6.45, 7) is 0. The molecule has 0 bridgehead atoms. The van der Waals surface area contributed by atoms with E-state index in [1.807, 2.05) is 30.3 Å². The molecule has 26 heavy (non-hydrogen) atoms. The molecular formula is C21H26O5. The number of aliphatic hydroxyl groups excluding tert-OH is 3. The Hall–Kier alpha value is -2.47. The molecule has 1 aromatic rings. The van der Waals surface area contributed by atoms with Gasteiger partial charge in [0.05, 0.1) is 18.3 Å². The molecule has 0 unspecified atom stereocenters. The van der Waals surface area contributed by atoms with Gasteiger partial charge in [0.15, 0.2) is 0 Å². The number of aliphatic carboxylic acids is 1. The van der Waals surface area contributed by atoms with Crippen molar-refractivity contribution in [3.63, 3.8) is 0 Å². The molecule has 3 atom stereocenters. The lowest BCUT2D eigenvalue weighted by Crippen LogP contribution is -2.23. The molecule has 0 aromatic heterocycles.